The van der Waals surface area contributed by atoms with Gasteiger partial charge in [0.1, 0.15) is 5.82 Å². The number of hydrogen-bond acceptors (Lipinski definition) is 3. The summed E-state index contributed by atoms with van der Waals surface area (Å²) in [5.74, 6) is 1.06. The minimum atomic E-state index is 0.0617. The second kappa shape index (κ2) is 5.74. The van der Waals surface area contributed by atoms with E-state index in [4.69, 9.17) is 28.9 Å². The summed E-state index contributed by atoms with van der Waals surface area (Å²) >= 11 is 12.4. The van der Waals surface area contributed by atoms with Crippen molar-refractivity contribution in [3.63, 3.8) is 0 Å². The zero-order chi connectivity index (χ0) is 14.1. The molecule has 1 aliphatic rings. The molecule has 0 fully saturated rings. The van der Waals surface area contributed by atoms with Crippen LogP contribution in [0.3, 0.4) is 0 Å². The van der Waals surface area contributed by atoms with Crippen LogP contribution in [0.2, 0.25) is 10.0 Å². The highest BCUT2D eigenvalue weighted by atomic mass is 35.5. The quantitative estimate of drug-likeness (QED) is 0.948. The molecule has 0 spiro atoms. The van der Waals surface area contributed by atoms with Gasteiger partial charge in [0, 0.05) is 48.1 Å². The number of imidazole rings is 1. The standard InChI is InChI=1S/C14H16Cl2N4/c15-10-1-2-12(16)11(7-10)13(8-17)20-6-5-19-4-3-18-14(19)9-20/h1-4,7,13H,5-6,8-9,17H2. The Morgan fingerprint density at radius 1 is 1.30 bits per heavy atom. The van der Waals surface area contributed by atoms with Gasteiger partial charge in [0.05, 0.1) is 6.54 Å². The van der Waals surface area contributed by atoms with Crippen LogP contribution in [0, 0.1) is 0 Å². The van der Waals surface area contributed by atoms with E-state index < -0.39 is 0 Å². The highest BCUT2D eigenvalue weighted by Crippen LogP contribution is 2.31. The molecule has 1 aromatic heterocycles. The van der Waals surface area contributed by atoms with Crippen LogP contribution in [0.4, 0.5) is 0 Å². The van der Waals surface area contributed by atoms with Crippen molar-refractivity contribution in [1.82, 2.24) is 14.5 Å². The second-order valence-corrected chi connectivity index (χ2v) is 5.77. The summed E-state index contributed by atoms with van der Waals surface area (Å²) in [6.07, 6.45) is 3.85. The van der Waals surface area contributed by atoms with Crippen LogP contribution in [-0.4, -0.2) is 27.5 Å². The molecular formula is C14H16Cl2N4. The van der Waals surface area contributed by atoms with Crippen LogP contribution in [0.15, 0.2) is 30.6 Å². The van der Waals surface area contributed by atoms with Crippen LogP contribution in [0.1, 0.15) is 17.4 Å². The maximum Gasteiger partial charge on any atom is 0.122 e. The Bertz CT molecular complexity index is 611. The van der Waals surface area contributed by atoms with E-state index in [9.17, 15) is 0 Å². The first-order chi connectivity index (χ1) is 9.69. The second-order valence-electron chi connectivity index (χ2n) is 4.92. The molecule has 0 amide bonds. The molecule has 6 heteroatoms. The molecule has 0 saturated heterocycles. The number of halogens is 2. The number of benzene rings is 1. The SMILES string of the molecule is NCC(c1cc(Cl)ccc1Cl)N1CCn2ccnc2C1. The van der Waals surface area contributed by atoms with E-state index in [0.29, 0.717) is 16.6 Å². The van der Waals surface area contributed by atoms with Gasteiger partial charge in [-0.15, -0.1) is 0 Å². The summed E-state index contributed by atoms with van der Waals surface area (Å²) in [5.41, 5.74) is 6.97. The Hall–Kier alpha value is -1.07. The summed E-state index contributed by atoms with van der Waals surface area (Å²) < 4.78 is 2.17. The van der Waals surface area contributed by atoms with Crippen LogP contribution in [0.5, 0.6) is 0 Å². The van der Waals surface area contributed by atoms with Gasteiger partial charge in [0.2, 0.25) is 0 Å². The van der Waals surface area contributed by atoms with Gasteiger partial charge in [0.15, 0.2) is 0 Å². The highest BCUT2D eigenvalue weighted by molar-refractivity contribution is 6.33. The maximum absolute atomic E-state index is 6.31. The molecule has 0 saturated carbocycles. The van der Waals surface area contributed by atoms with Gasteiger partial charge in [-0.1, -0.05) is 23.2 Å². The summed E-state index contributed by atoms with van der Waals surface area (Å²) in [6, 6.07) is 5.59. The van der Waals surface area contributed by atoms with Gasteiger partial charge >= 0.3 is 0 Å². The Morgan fingerprint density at radius 2 is 2.15 bits per heavy atom. The molecule has 0 bridgehead atoms. The number of hydrogen-bond donors (Lipinski definition) is 1. The van der Waals surface area contributed by atoms with E-state index in [1.54, 1.807) is 6.07 Å². The number of nitrogens with two attached hydrogens (primary N) is 1. The Labute approximate surface area is 128 Å². The van der Waals surface area contributed by atoms with Crippen LogP contribution < -0.4 is 5.73 Å². The first kappa shape index (κ1) is 13.9. The normalized spacial score (nSPS) is 16.9. The molecule has 3 rings (SSSR count). The smallest absolute Gasteiger partial charge is 0.122 e. The molecule has 2 N–H and O–H groups in total. The number of rotatable bonds is 3. The highest BCUT2D eigenvalue weighted by Gasteiger charge is 2.25. The predicted octanol–water partition coefficient (Wildman–Crippen LogP) is 2.71. The van der Waals surface area contributed by atoms with E-state index in [2.05, 4.69) is 14.5 Å². The zero-order valence-corrected chi connectivity index (χ0v) is 12.5. The van der Waals surface area contributed by atoms with Crippen molar-refractivity contribution in [3.05, 3.63) is 52.0 Å². The van der Waals surface area contributed by atoms with Crippen molar-refractivity contribution in [1.29, 1.82) is 0 Å². The van der Waals surface area contributed by atoms with Gasteiger partial charge in [-0.2, -0.15) is 0 Å². The fourth-order valence-electron chi connectivity index (χ4n) is 2.70. The molecule has 2 aromatic rings. The van der Waals surface area contributed by atoms with Gasteiger partial charge in [-0.3, -0.25) is 4.90 Å². The fourth-order valence-corrected chi connectivity index (χ4v) is 3.12. The molecular weight excluding hydrogens is 295 g/mol. The van der Waals surface area contributed by atoms with Crippen molar-refractivity contribution in [2.75, 3.05) is 13.1 Å². The minimum Gasteiger partial charge on any atom is -0.333 e. The summed E-state index contributed by atoms with van der Waals surface area (Å²) in [6.45, 7) is 3.12. The molecule has 0 radical (unpaired) electrons. The Kier molecular flexibility index (Phi) is 3.98. The van der Waals surface area contributed by atoms with Gasteiger partial charge < -0.3 is 10.3 Å². The topological polar surface area (TPSA) is 47.1 Å². The number of fused-ring (bicyclic) bond motifs is 1. The Balaban J connectivity index is 1.89. The fraction of sp³-hybridized carbons (Fsp3) is 0.357. The van der Waals surface area contributed by atoms with Crippen LogP contribution in [0.25, 0.3) is 0 Å². The lowest BCUT2D eigenvalue weighted by Crippen LogP contribution is -2.39. The van der Waals surface area contributed by atoms with Crippen molar-refractivity contribution in [2.24, 2.45) is 5.73 Å². The third-order valence-electron chi connectivity index (χ3n) is 3.76. The maximum atomic E-state index is 6.31. The molecule has 20 heavy (non-hydrogen) atoms. The summed E-state index contributed by atoms with van der Waals surface area (Å²) in [5, 5.41) is 1.39. The third kappa shape index (κ3) is 2.56. The summed E-state index contributed by atoms with van der Waals surface area (Å²) in [7, 11) is 0. The van der Waals surface area contributed by atoms with Crippen molar-refractivity contribution < 1.29 is 0 Å². The Morgan fingerprint density at radius 3 is 2.95 bits per heavy atom. The molecule has 0 aliphatic carbocycles. The molecule has 4 nitrogen and oxygen atoms in total. The summed E-state index contributed by atoms with van der Waals surface area (Å²) in [4.78, 5) is 6.68. The van der Waals surface area contributed by atoms with Crippen LogP contribution in [-0.2, 0) is 13.1 Å². The lowest BCUT2D eigenvalue weighted by Gasteiger charge is -2.34. The van der Waals surface area contributed by atoms with Gasteiger partial charge in [0.25, 0.3) is 0 Å². The van der Waals surface area contributed by atoms with Gasteiger partial charge in [-0.25, -0.2) is 4.98 Å². The minimum absolute atomic E-state index is 0.0617. The average Bonchev–Trinajstić information content (AvgIpc) is 2.91. The molecule has 1 unspecified atom stereocenters. The molecule has 106 valence electrons. The lowest BCUT2D eigenvalue weighted by atomic mass is 10.0. The largest absolute Gasteiger partial charge is 0.333 e. The molecule has 1 aliphatic heterocycles. The van der Waals surface area contributed by atoms with Crippen molar-refractivity contribution in [2.45, 2.75) is 19.1 Å². The van der Waals surface area contributed by atoms with E-state index >= 15 is 0 Å². The first-order valence-corrected chi connectivity index (χ1v) is 7.33. The number of aromatic nitrogens is 2. The molecule has 1 atom stereocenters. The molecule has 1 aromatic carbocycles. The predicted molar refractivity (Wildman–Crippen MR) is 80.9 cm³/mol. The first-order valence-electron chi connectivity index (χ1n) is 6.58. The third-order valence-corrected chi connectivity index (χ3v) is 4.33. The van der Waals surface area contributed by atoms with Crippen LogP contribution >= 0.6 is 23.2 Å². The van der Waals surface area contributed by atoms with E-state index in [1.807, 2.05) is 24.5 Å². The zero-order valence-electron chi connectivity index (χ0n) is 11.0. The van der Waals surface area contributed by atoms with Crippen molar-refractivity contribution in [3.8, 4) is 0 Å². The van der Waals surface area contributed by atoms with E-state index in [0.717, 1.165) is 31.0 Å². The molecule has 2 heterocycles. The van der Waals surface area contributed by atoms with E-state index in [1.165, 1.54) is 0 Å². The monoisotopic (exact) mass is 310 g/mol. The lowest BCUT2D eigenvalue weighted by molar-refractivity contribution is 0.156. The van der Waals surface area contributed by atoms with E-state index in [-0.39, 0.29) is 6.04 Å². The van der Waals surface area contributed by atoms with Crippen molar-refractivity contribution >= 4 is 23.2 Å². The number of nitrogens with zero attached hydrogens (tertiary/aromatic N) is 3. The van der Waals surface area contributed by atoms with Gasteiger partial charge in [-0.05, 0) is 23.8 Å². The average molecular weight is 311 g/mol.